The zero-order valence-electron chi connectivity index (χ0n) is 30.5. The first-order chi connectivity index (χ1) is 21.3. The zero-order chi connectivity index (χ0) is 34.9. The lowest BCUT2D eigenvalue weighted by Crippen LogP contribution is -2.42. The van der Waals surface area contributed by atoms with Crippen molar-refractivity contribution in [3.63, 3.8) is 0 Å². The summed E-state index contributed by atoms with van der Waals surface area (Å²) in [7, 11) is 0. The molecule has 0 unspecified atom stereocenters. The maximum absolute atomic E-state index is 11.8. The van der Waals surface area contributed by atoms with Gasteiger partial charge in [-0.3, -0.25) is 14.6 Å². The average molecular weight is 626 g/mol. The lowest BCUT2D eigenvalue weighted by molar-refractivity contribution is -0.119. The minimum atomic E-state index is -0.123. The second kappa shape index (κ2) is 25.8. The Morgan fingerprint density at radius 2 is 1.51 bits per heavy atom. The van der Waals surface area contributed by atoms with Crippen LogP contribution in [0.1, 0.15) is 123 Å². The standard InChI is InChI=1S/C19H28N2O.C14H21NO3.C3H8.C2H6/c1-7-16-9-11-17(12-10-16)18(8-2)20-14(5)19(13(3)4)21-15(6)22;1-10(2)18-13-6-5-12(9-11(13)3)14(17)15-7-4-8-16;1-3-2;1-2/h8-13,19H,7H2,1-6H3,(H,21,22);5-6,9-10,16H,4,7-8H2,1-3H3,(H,15,17);3H2,1-2H3;1-2H3/b18-8-,20-14?;;;/t19-;;;/m1.../s1. The smallest absolute Gasteiger partial charge is 0.251 e. The summed E-state index contributed by atoms with van der Waals surface area (Å²) in [6.07, 6.45) is 4.98. The second-order valence-electron chi connectivity index (χ2n) is 11.1. The van der Waals surface area contributed by atoms with E-state index in [1.54, 1.807) is 13.0 Å². The van der Waals surface area contributed by atoms with Crippen LogP contribution in [0.25, 0.3) is 5.70 Å². The van der Waals surface area contributed by atoms with Gasteiger partial charge in [0.25, 0.3) is 5.91 Å². The Bertz CT molecular complexity index is 1150. The van der Waals surface area contributed by atoms with Crippen LogP contribution in [0.3, 0.4) is 0 Å². The molecule has 3 N–H and O–H groups in total. The molecule has 0 aromatic heterocycles. The van der Waals surface area contributed by atoms with Crippen LogP contribution in [0.5, 0.6) is 5.75 Å². The molecule has 2 aromatic rings. The number of nitrogens with one attached hydrogen (secondary N) is 2. The summed E-state index contributed by atoms with van der Waals surface area (Å²) < 4.78 is 5.61. The molecule has 0 saturated heterocycles. The summed E-state index contributed by atoms with van der Waals surface area (Å²) in [5.41, 5.74) is 5.84. The van der Waals surface area contributed by atoms with Gasteiger partial charge in [-0.2, -0.15) is 0 Å². The third-order valence-corrected chi connectivity index (χ3v) is 6.12. The molecule has 0 aliphatic rings. The molecule has 0 aliphatic heterocycles. The van der Waals surface area contributed by atoms with Crippen LogP contribution in [0, 0.1) is 12.8 Å². The first kappa shape index (κ1) is 43.7. The van der Waals surface area contributed by atoms with Crippen molar-refractivity contribution in [1.29, 1.82) is 0 Å². The number of amides is 2. The van der Waals surface area contributed by atoms with E-state index >= 15 is 0 Å². The Morgan fingerprint density at radius 3 is 1.93 bits per heavy atom. The fourth-order valence-corrected chi connectivity index (χ4v) is 4.00. The van der Waals surface area contributed by atoms with Gasteiger partial charge in [0.2, 0.25) is 5.91 Å². The SMILES string of the molecule is C/C=C(\N=C(C)[C@H](NC(C)=O)C(C)C)c1ccc(CC)cc1.CC.CCC.Cc1cc(C(=O)NCCCO)ccc1OC(C)C. The molecule has 7 heteroatoms. The van der Waals surface area contributed by atoms with E-state index in [1.807, 2.05) is 66.7 Å². The van der Waals surface area contributed by atoms with Crippen molar-refractivity contribution in [3.05, 3.63) is 70.8 Å². The Kier molecular flexibility index (Phi) is 25.1. The molecule has 0 saturated carbocycles. The van der Waals surface area contributed by atoms with E-state index in [4.69, 9.17) is 14.8 Å². The molecule has 45 heavy (non-hydrogen) atoms. The highest BCUT2D eigenvalue weighted by Crippen LogP contribution is 2.21. The highest BCUT2D eigenvalue weighted by Gasteiger charge is 2.18. The number of ether oxygens (including phenoxy) is 1. The van der Waals surface area contributed by atoms with Gasteiger partial charge in [0.15, 0.2) is 0 Å². The van der Waals surface area contributed by atoms with Crippen LogP contribution in [0.2, 0.25) is 0 Å². The summed E-state index contributed by atoms with van der Waals surface area (Å²) in [4.78, 5) is 27.9. The molecule has 0 radical (unpaired) electrons. The molecule has 0 spiro atoms. The highest BCUT2D eigenvalue weighted by atomic mass is 16.5. The van der Waals surface area contributed by atoms with Gasteiger partial charge in [0.1, 0.15) is 5.75 Å². The van der Waals surface area contributed by atoms with E-state index in [-0.39, 0.29) is 30.6 Å². The molecular formula is C38H63N3O4. The monoisotopic (exact) mass is 625 g/mol. The van der Waals surface area contributed by atoms with Crippen LogP contribution in [0.4, 0.5) is 0 Å². The third-order valence-electron chi connectivity index (χ3n) is 6.12. The maximum atomic E-state index is 11.8. The molecule has 7 nitrogen and oxygen atoms in total. The first-order valence-corrected chi connectivity index (χ1v) is 16.6. The van der Waals surface area contributed by atoms with E-state index in [0.29, 0.717) is 24.4 Å². The summed E-state index contributed by atoms with van der Waals surface area (Å²) in [6.45, 7) is 26.5. The molecule has 0 fully saturated rings. The van der Waals surface area contributed by atoms with Crippen molar-refractivity contribution in [2.45, 2.75) is 121 Å². The predicted molar refractivity (Wildman–Crippen MR) is 193 cm³/mol. The Hall–Kier alpha value is -3.45. The number of aliphatic hydroxyl groups is 1. The molecule has 2 rings (SSSR count). The molecule has 254 valence electrons. The number of aliphatic hydroxyl groups excluding tert-OH is 1. The van der Waals surface area contributed by atoms with Gasteiger partial charge in [0, 0.05) is 31.4 Å². The summed E-state index contributed by atoms with van der Waals surface area (Å²) in [5, 5.41) is 14.4. The van der Waals surface area contributed by atoms with Gasteiger partial charge < -0.3 is 20.5 Å². The number of carbonyl (C=O) groups excluding carboxylic acids is 2. The Balaban J connectivity index is 0. The summed E-state index contributed by atoms with van der Waals surface area (Å²) in [6, 6.07) is 13.8. The van der Waals surface area contributed by atoms with Crippen molar-refractivity contribution in [1.82, 2.24) is 10.6 Å². The van der Waals surface area contributed by atoms with E-state index in [0.717, 1.165) is 34.7 Å². The molecule has 0 bridgehead atoms. The normalized spacial score (nSPS) is 11.6. The molecule has 2 amide bonds. The quantitative estimate of drug-likeness (QED) is 0.162. The van der Waals surface area contributed by atoms with Crippen LogP contribution >= 0.6 is 0 Å². The van der Waals surface area contributed by atoms with Crippen molar-refractivity contribution in [3.8, 4) is 5.75 Å². The number of aryl methyl sites for hydroxylation is 2. The topological polar surface area (TPSA) is 100 Å². The lowest BCUT2D eigenvalue weighted by atomic mass is 9.99. The van der Waals surface area contributed by atoms with Crippen LogP contribution in [-0.4, -0.2) is 47.9 Å². The molecule has 1 atom stereocenters. The maximum Gasteiger partial charge on any atom is 0.251 e. The number of allylic oxidation sites excluding steroid dienone is 1. The van der Waals surface area contributed by atoms with Crippen LogP contribution in [0.15, 0.2) is 53.5 Å². The Labute approximate surface area is 275 Å². The second-order valence-corrected chi connectivity index (χ2v) is 11.1. The molecule has 2 aromatic carbocycles. The number of carbonyl (C=O) groups is 2. The van der Waals surface area contributed by atoms with Gasteiger partial charge in [0.05, 0.1) is 17.8 Å². The number of hydrogen-bond acceptors (Lipinski definition) is 5. The number of nitrogens with zero attached hydrogens (tertiary/aromatic N) is 1. The molecular weight excluding hydrogens is 562 g/mol. The van der Waals surface area contributed by atoms with Crippen LogP contribution < -0.4 is 15.4 Å². The summed E-state index contributed by atoms with van der Waals surface area (Å²) in [5.74, 6) is 0.954. The molecule has 0 heterocycles. The first-order valence-electron chi connectivity index (χ1n) is 16.6. The van der Waals surface area contributed by atoms with Crippen molar-refractivity contribution < 1.29 is 19.4 Å². The minimum absolute atomic E-state index is 0.0254. The highest BCUT2D eigenvalue weighted by molar-refractivity contribution is 5.95. The van der Waals surface area contributed by atoms with Gasteiger partial charge in [-0.1, -0.05) is 85.2 Å². The van der Waals surface area contributed by atoms with E-state index < -0.39 is 0 Å². The third kappa shape index (κ3) is 18.8. The number of aliphatic imine (C=N–C) groups is 1. The van der Waals surface area contributed by atoms with Crippen LogP contribution in [-0.2, 0) is 11.2 Å². The fourth-order valence-electron chi connectivity index (χ4n) is 4.00. The summed E-state index contributed by atoms with van der Waals surface area (Å²) >= 11 is 0. The van der Waals surface area contributed by atoms with Gasteiger partial charge in [-0.05, 0) is 88.3 Å². The van der Waals surface area contributed by atoms with Crippen molar-refractivity contribution in [2.24, 2.45) is 10.9 Å². The molecule has 0 aliphatic carbocycles. The van der Waals surface area contributed by atoms with Gasteiger partial charge >= 0.3 is 0 Å². The largest absolute Gasteiger partial charge is 0.491 e. The fraction of sp³-hybridized carbons (Fsp3) is 0.553. The van der Waals surface area contributed by atoms with Crippen molar-refractivity contribution in [2.75, 3.05) is 13.2 Å². The Morgan fingerprint density at radius 1 is 0.956 bits per heavy atom. The lowest BCUT2D eigenvalue weighted by Gasteiger charge is -2.22. The average Bonchev–Trinajstić information content (AvgIpc) is 3.01. The number of hydrogen-bond donors (Lipinski definition) is 3. The van der Waals surface area contributed by atoms with Gasteiger partial charge in [-0.25, -0.2) is 0 Å². The number of benzene rings is 2. The van der Waals surface area contributed by atoms with E-state index in [9.17, 15) is 9.59 Å². The zero-order valence-corrected chi connectivity index (χ0v) is 30.5. The number of rotatable bonds is 12. The van der Waals surface area contributed by atoms with E-state index in [1.165, 1.54) is 12.0 Å². The van der Waals surface area contributed by atoms with Gasteiger partial charge in [-0.15, -0.1) is 0 Å². The predicted octanol–water partition coefficient (Wildman–Crippen LogP) is 8.57. The van der Waals surface area contributed by atoms with Crippen molar-refractivity contribution >= 4 is 23.2 Å². The minimum Gasteiger partial charge on any atom is -0.491 e. The van der Waals surface area contributed by atoms with E-state index in [2.05, 4.69) is 69.5 Å².